The van der Waals surface area contributed by atoms with E-state index in [4.69, 9.17) is 18.9 Å². The largest absolute Gasteiger partial charge is 0.493 e. The third-order valence-corrected chi connectivity index (χ3v) is 3.57. The molecular formula is C16H25NO4. The average Bonchev–Trinajstić information content (AvgIpc) is 2.52. The fourth-order valence-electron chi connectivity index (χ4n) is 2.46. The molecule has 2 rings (SSSR count). The maximum absolute atomic E-state index is 5.88. The van der Waals surface area contributed by atoms with Crippen LogP contribution in [-0.4, -0.2) is 58.6 Å². The molecule has 1 saturated heterocycles. The second-order valence-electron chi connectivity index (χ2n) is 5.15. The van der Waals surface area contributed by atoms with Crippen LogP contribution in [0.25, 0.3) is 0 Å². The second-order valence-corrected chi connectivity index (χ2v) is 5.15. The summed E-state index contributed by atoms with van der Waals surface area (Å²) in [5.74, 6) is 2.12. The molecule has 1 fully saturated rings. The van der Waals surface area contributed by atoms with Crippen LogP contribution in [0, 0.1) is 6.92 Å². The van der Waals surface area contributed by atoms with Crippen LogP contribution in [0.2, 0.25) is 0 Å². The van der Waals surface area contributed by atoms with E-state index in [1.807, 2.05) is 19.1 Å². The highest BCUT2D eigenvalue weighted by Gasteiger charge is 2.13. The van der Waals surface area contributed by atoms with E-state index in [1.54, 1.807) is 14.2 Å². The lowest BCUT2D eigenvalue weighted by Crippen LogP contribution is -2.37. The van der Waals surface area contributed by atoms with Gasteiger partial charge in [0.2, 0.25) is 5.75 Å². The molecule has 0 aromatic heterocycles. The van der Waals surface area contributed by atoms with E-state index < -0.39 is 0 Å². The van der Waals surface area contributed by atoms with Gasteiger partial charge < -0.3 is 18.9 Å². The van der Waals surface area contributed by atoms with Gasteiger partial charge in [0.05, 0.1) is 34.0 Å². The first-order valence-electron chi connectivity index (χ1n) is 7.40. The zero-order chi connectivity index (χ0) is 15.1. The fourth-order valence-corrected chi connectivity index (χ4v) is 2.46. The van der Waals surface area contributed by atoms with Gasteiger partial charge in [-0.1, -0.05) is 0 Å². The smallest absolute Gasteiger partial charge is 0.203 e. The van der Waals surface area contributed by atoms with Gasteiger partial charge in [0, 0.05) is 19.6 Å². The van der Waals surface area contributed by atoms with Gasteiger partial charge in [-0.2, -0.15) is 0 Å². The number of nitrogens with zero attached hydrogens (tertiary/aromatic N) is 1. The van der Waals surface area contributed by atoms with E-state index in [0.717, 1.165) is 50.6 Å². The Morgan fingerprint density at radius 3 is 2.48 bits per heavy atom. The van der Waals surface area contributed by atoms with Gasteiger partial charge in [-0.3, -0.25) is 4.90 Å². The molecule has 118 valence electrons. The van der Waals surface area contributed by atoms with Crippen molar-refractivity contribution >= 4 is 0 Å². The summed E-state index contributed by atoms with van der Waals surface area (Å²) in [5.41, 5.74) is 1.09. The predicted molar refractivity (Wildman–Crippen MR) is 81.7 cm³/mol. The summed E-state index contributed by atoms with van der Waals surface area (Å²) in [4.78, 5) is 2.40. The highest BCUT2D eigenvalue weighted by molar-refractivity contribution is 5.53. The molecule has 21 heavy (non-hydrogen) atoms. The lowest BCUT2D eigenvalue weighted by atomic mass is 10.2. The van der Waals surface area contributed by atoms with Crippen LogP contribution in [0.15, 0.2) is 12.1 Å². The second kappa shape index (κ2) is 8.10. The van der Waals surface area contributed by atoms with Gasteiger partial charge in [-0.25, -0.2) is 0 Å². The summed E-state index contributed by atoms with van der Waals surface area (Å²) in [5, 5.41) is 0. The van der Waals surface area contributed by atoms with Crippen molar-refractivity contribution in [1.29, 1.82) is 0 Å². The summed E-state index contributed by atoms with van der Waals surface area (Å²) in [6.07, 6.45) is 0.986. The molecule has 0 spiro atoms. The highest BCUT2D eigenvalue weighted by Crippen LogP contribution is 2.38. The zero-order valence-corrected chi connectivity index (χ0v) is 13.2. The molecule has 0 amide bonds. The van der Waals surface area contributed by atoms with Gasteiger partial charge in [-0.15, -0.1) is 0 Å². The number of ether oxygens (including phenoxy) is 4. The van der Waals surface area contributed by atoms with Crippen molar-refractivity contribution in [2.45, 2.75) is 13.3 Å². The van der Waals surface area contributed by atoms with Gasteiger partial charge in [-0.05, 0) is 31.0 Å². The Balaban J connectivity index is 1.85. The van der Waals surface area contributed by atoms with Crippen LogP contribution in [-0.2, 0) is 4.74 Å². The van der Waals surface area contributed by atoms with Crippen molar-refractivity contribution < 1.29 is 18.9 Å². The quantitative estimate of drug-likeness (QED) is 0.721. The first kappa shape index (κ1) is 15.9. The molecule has 0 radical (unpaired) electrons. The standard InChI is InChI=1S/C16H25NO4/c1-13-11-14(18-2)16(19-3)15(12-13)21-8-4-5-17-6-9-20-10-7-17/h11-12H,4-10H2,1-3H3. The van der Waals surface area contributed by atoms with Crippen molar-refractivity contribution in [1.82, 2.24) is 4.90 Å². The molecule has 1 heterocycles. The van der Waals surface area contributed by atoms with Crippen LogP contribution in [0.1, 0.15) is 12.0 Å². The number of hydrogen-bond acceptors (Lipinski definition) is 5. The normalized spacial score (nSPS) is 15.8. The number of rotatable bonds is 7. The monoisotopic (exact) mass is 295 g/mol. The molecule has 0 saturated carbocycles. The summed E-state index contributed by atoms with van der Waals surface area (Å²) in [7, 11) is 3.27. The SMILES string of the molecule is COc1cc(C)cc(OCCCN2CCOCC2)c1OC. The molecule has 1 aliphatic rings. The van der Waals surface area contributed by atoms with Crippen molar-refractivity contribution in [2.75, 3.05) is 53.7 Å². The average molecular weight is 295 g/mol. The van der Waals surface area contributed by atoms with Gasteiger partial charge in [0.25, 0.3) is 0 Å². The molecule has 0 unspecified atom stereocenters. The topological polar surface area (TPSA) is 40.2 Å². The molecule has 5 nitrogen and oxygen atoms in total. The number of methoxy groups -OCH3 is 2. The molecule has 1 aromatic carbocycles. The van der Waals surface area contributed by atoms with Crippen LogP contribution in [0.3, 0.4) is 0 Å². The van der Waals surface area contributed by atoms with Gasteiger partial charge >= 0.3 is 0 Å². The first-order chi connectivity index (χ1) is 10.2. The van der Waals surface area contributed by atoms with E-state index in [-0.39, 0.29) is 0 Å². The van der Waals surface area contributed by atoms with E-state index in [9.17, 15) is 0 Å². The Morgan fingerprint density at radius 1 is 1.10 bits per heavy atom. The third-order valence-electron chi connectivity index (χ3n) is 3.57. The Bertz CT molecular complexity index is 444. The van der Waals surface area contributed by atoms with Gasteiger partial charge in [0.15, 0.2) is 11.5 Å². The number of aryl methyl sites for hydroxylation is 1. The van der Waals surface area contributed by atoms with Crippen molar-refractivity contribution in [3.05, 3.63) is 17.7 Å². The van der Waals surface area contributed by atoms with E-state index in [2.05, 4.69) is 4.90 Å². The highest BCUT2D eigenvalue weighted by atomic mass is 16.5. The Labute approximate surface area is 126 Å². The predicted octanol–water partition coefficient (Wildman–Crippen LogP) is 2.11. The van der Waals surface area contributed by atoms with Crippen LogP contribution in [0.4, 0.5) is 0 Å². The maximum atomic E-state index is 5.88. The molecular weight excluding hydrogens is 270 g/mol. The minimum absolute atomic E-state index is 0.662. The first-order valence-corrected chi connectivity index (χ1v) is 7.40. The molecule has 1 aromatic rings. The van der Waals surface area contributed by atoms with E-state index >= 15 is 0 Å². The van der Waals surface area contributed by atoms with E-state index in [0.29, 0.717) is 18.1 Å². The number of morpholine rings is 1. The molecule has 5 heteroatoms. The third kappa shape index (κ3) is 4.51. The van der Waals surface area contributed by atoms with Gasteiger partial charge in [0.1, 0.15) is 0 Å². The Morgan fingerprint density at radius 2 is 1.81 bits per heavy atom. The lowest BCUT2D eigenvalue weighted by Gasteiger charge is -2.26. The molecule has 0 aliphatic carbocycles. The summed E-state index contributed by atoms with van der Waals surface area (Å²) < 4.78 is 21.9. The fraction of sp³-hybridized carbons (Fsp3) is 0.625. The van der Waals surface area contributed by atoms with Crippen molar-refractivity contribution in [3.63, 3.8) is 0 Å². The Kier molecular flexibility index (Phi) is 6.14. The molecule has 0 N–H and O–H groups in total. The minimum atomic E-state index is 0.662. The maximum Gasteiger partial charge on any atom is 0.203 e. The number of hydrogen-bond donors (Lipinski definition) is 0. The summed E-state index contributed by atoms with van der Waals surface area (Å²) in [6, 6.07) is 3.93. The zero-order valence-electron chi connectivity index (χ0n) is 13.2. The van der Waals surface area contributed by atoms with Crippen LogP contribution >= 0.6 is 0 Å². The lowest BCUT2D eigenvalue weighted by molar-refractivity contribution is 0.0357. The molecule has 0 atom stereocenters. The van der Waals surface area contributed by atoms with Crippen LogP contribution < -0.4 is 14.2 Å². The van der Waals surface area contributed by atoms with Crippen molar-refractivity contribution in [3.8, 4) is 17.2 Å². The van der Waals surface area contributed by atoms with E-state index in [1.165, 1.54) is 0 Å². The minimum Gasteiger partial charge on any atom is -0.493 e. The summed E-state index contributed by atoms with van der Waals surface area (Å²) >= 11 is 0. The summed E-state index contributed by atoms with van der Waals surface area (Å²) in [6.45, 7) is 7.42. The molecule has 0 bridgehead atoms. The number of benzene rings is 1. The Hall–Kier alpha value is -1.46. The molecule has 1 aliphatic heterocycles. The van der Waals surface area contributed by atoms with Crippen molar-refractivity contribution in [2.24, 2.45) is 0 Å². The van der Waals surface area contributed by atoms with Crippen LogP contribution in [0.5, 0.6) is 17.2 Å².